The molecule has 2 aromatic carbocycles. The third kappa shape index (κ3) is 7.38. The first kappa shape index (κ1) is 29.5. The van der Waals surface area contributed by atoms with Crippen LogP contribution in [0.2, 0.25) is 5.02 Å². The lowest BCUT2D eigenvalue weighted by molar-refractivity contribution is -0.124. The number of methoxy groups -OCH3 is 1. The maximum Gasteiger partial charge on any atom is 0.294 e. The molecular formula is C29H32ClN7O4. The van der Waals surface area contributed by atoms with E-state index in [9.17, 15) is 14.4 Å². The number of nitrogens with zero attached hydrogens (tertiary/aromatic N) is 4. The van der Waals surface area contributed by atoms with E-state index >= 15 is 0 Å². The van der Waals surface area contributed by atoms with E-state index in [1.807, 2.05) is 0 Å². The highest BCUT2D eigenvalue weighted by Gasteiger charge is 2.22. The van der Waals surface area contributed by atoms with Crippen LogP contribution in [0, 0.1) is 0 Å². The molecule has 4 rings (SSSR count). The smallest absolute Gasteiger partial charge is 0.294 e. The molecule has 1 aliphatic heterocycles. The number of anilines is 5. The molecule has 0 spiro atoms. The maximum absolute atomic E-state index is 12.8. The number of carbonyl (C=O) groups is 3. The molecule has 2 heterocycles. The number of hydrogen-bond donors (Lipinski definition) is 3. The molecule has 1 aliphatic rings. The number of likely N-dealkylation sites (tertiary alicyclic amines) is 1. The van der Waals surface area contributed by atoms with E-state index < -0.39 is 11.7 Å². The summed E-state index contributed by atoms with van der Waals surface area (Å²) in [6.45, 7) is 6.42. The average Bonchev–Trinajstić information content (AvgIpc) is 3.47. The zero-order chi connectivity index (χ0) is 29.5. The van der Waals surface area contributed by atoms with Gasteiger partial charge in [-0.15, -0.1) is 0 Å². The molecule has 11 nitrogen and oxygen atoms in total. The monoisotopic (exact) mass is 577 g/mol. The van der Waals surface area contributed by atoms with Crippen LogP contribution in [-0.4, -0.2) is 78.2 Å². The largest absolute Gasteiger partial charge is 0.495 e. The first-order valence-corrected chi connectivity index (χ1v) is 13.3. The molecule has 0 unspecified atom stereocenters. The number of rotatable bonds is 11. The van der Waals surface area contributed by atoms with E-state index in [1.54, 1.807) is 42.5 Å². The Morgan fingerprint density at radius 1 is 1.07 bits per heavy atom. The van der Waals surface area contributed by atoms with E-state index in [0.29, 0.717) is 34.9 Å². The molecule has 0 atom stereocenters. The molecule has 0 radical (unpaired) electrons. The van der Waals surface area contributed by atoms with Crippen molar-refractivity contribution in [3.05, 3.63) is 71.4 Å². The number of ether oxygens (including phenoxy) is 1. The fourth-order valence-electron chi connectivity index (χ4n) is 4.26. The maximum atomic E-state index is 12.8. The SMILES string of the molecule is C=C(CN1CCCC1)C(=O)Nc1ccc(OC)c(Nc2ncc(Cl)c(Nc3ccccc3C(=O)C(=O)N(C)C)n2)c1. The number of para-hydroxylation sites is 1. The number of likely N-dealkylation sites (N-methyl/N-ethyl adjacent to an activating group) is 1. The highest BCUT2D eigenvalue weighted by Crippen LogP contribution is 2.32. The summed E-state index contributed by atoms with van der Waals surface area (Å²) in [4.78, 5) is 49.9. The van der Waals surface area contributed by atoms with Gasteiger partial charge in [0.1, 0.15) is 10.8 Å². The minimum atomic E-state index is -0.673. The molecular weight excluding hydrogens is 546 g/mol. The van der Waals surface area contributed by atoms with Gasteiger partial charge in [-0.05, 0) is 56.3 Å². The average molecular weight is 578 g/mol. The Balaban J connectivity index is 1.53. The van der Waals surface area contributed by atoms with Gasteiger partial charge in [-0.1, -0.05) is 30.3 Å². The molecule has 1 fully saturated rings. The molecule has 2 amide bonds. The number of Topliss-reactive ketones (excluding diaryl/α,β-unsaturated/α-hetero) is 1. The lowest BCUT2D eigenvalue weighted by atomic mass is 10.1. The number of nitrogens with one attached hydrogen (secondary N) is 3. The van der Waals surface area contributed by atoms with Crippen molar-refractivity contribution in [1.82, 2.24) is 19.8 Å². The lowest BCUT2D eigenvalue weighted by Crippen LogP contribution is -2.30. The number of aromatic nitrogens is 2. The number of benzene rings is 2. The van der Waals surface area contributed by atoms with E-state index in [4.69, 9.17) is 16.3 Å². The van der Waals surface area contributed by atoms with Crippen LogP contribution in [0.4, 0.5) is 28.8 Å². The van der Waals surface area contributed by atoms with E-state index in [2.05, 4.69) is 37.4 Å². The summed E-state index contributed by atoms with van der Waals surface area (Å²) in [6, 6.07) is 11.7. The van der Waals surface area contributed by atoms with Gasteiger partial charge in [0, 0.05) is 31.9 Å². The van der Waals surface area contributed by atoms with Gasteiger partial charge in [-0.2, -0.15) is 4.98 Å². The summed E-state index contributed by atoms with van der Waals surface area (Å²) in [5, 5.41) is 9.20. The molecule has 41 heavy (non-hydrogen) atoms. The molecule has 1 saturated heterocycles. The molecule has 0 bridgehead atoms. The van der Waals surface area contributed by atoms with Gasteiger partial charge in [0.15, 0.2) is 5.82 Å². The van der Waals surface area contributed by atoms with Crippen molar-refractivity contribution in [2.45, 2.75) is 12.8 Å². The number of halogens is 1. The topological polar surface area (TPSA) is 129 Å². The van der Waals surface area contributed by atoms with Crippen molar-refractivity contribution in [2.75, 3.05) is 56.8 Å². The fourth-order valence-corrected chi connectivity index (χ4v) is 4.40. The molecule has 0 saturated carbocycles. The van der Waals surface area contributed by atoms with Crippen LogP contribution in [0.1, 0.15) is 23.2 Å². The van der Waals surface area contributed by atoms with E-state index in [1.165, 1.54) is 32.3 Å². The van der Waals surface area contributed by atoms with Gasteiger partial charge in [0.05, 0.1) is 30.2 Å². The Bertz CT molecular complexity index is 1470. The molecule has 0 aliphatic carbocycles. The summed E-state index contributed by atoms with van der Waals surface area (Å²) in [5.74, 6) is -0.718. The molecule has 3 aromatic rings. The minimum Gasteiger partial charge on any atom is -0.495 e. The van der Waals surface area contributed by atoms with E-state index in [-0.39, 0.29) is 28.3 Å². The summed E-state index contributed by atoms with van der Waals surface area (Å²) in [6.07, 6.45) is 3.66. The number of hydrogen-bond acceptors (Lipinski definition) is 9. The standard InChI is InChI=1S/C29H32ClN7O4/c1-18(17-37-13-7-8-14-37)27(39)32-19-11-12-24(41-4)23(15-19)34-29-31-16-21(30)26(35-29)33-22-10-6-5-9-20(22)25(38)28(40)36(2)3/h5-6,9-12,15-16H,1,7-8,13-14,17H2,2-4H3,(H,32,39)(H2,31,33,34,35). The van der Waals surface area contributed by atoms with Crippen molar-refractivity contribution < 1.29 is 19.1 Å². The fraction of sp³-hybridized carbons (Fsp3) is 0.276. The molecule has 3 N–H and O–H groups in total. The normalized spacial score (nSPS) is 12.9. The summed E-state index contributed by atoms with van der Waals surface area (Å²) in [7, 11) is 4.54. The van der Waals surface area contributed by atoms with Crippen LogP contribution in [0.25, 0.3) is 0 Å². The highest BCUT2D eigenvalue weighted by atomic mass is 35.5. The molecule has 12 heteroatoms. The van der Waals surface area contributed by atoms with Gasteiger partial charge in [0.2, 0.25) is 5.95 Å². The Morgan fingerprint density at radius 2 is 1.80 bits per heavy atom. The zero-order valence-electron chi connectivity index (χ0n) is 23.2. The van der Waals surface area contributed by atoms with Gasteiger partial charge in [0.25, 0.3) is 17.6 Å². The molecule has 1 aromatic heterocycles. The predicted octanol–water partition coefficient (Wildman–Crippen LogP) is 4.49. The van der Waals surface area contributed by atoms with Crippen LogP contribution in [0.15, 0.2) is 60.8 Å². The quantitative estimate of drug-likeness (QED) is 0.171. The number of carbonyl (C=O) groups excluding carboxylic acids is 3. The van der Waals surface area contributed by atoms with E-state index in [0.717, 1.165) is 25.9 Å². The number of amides is 2. The summed E-state index contributed by atoms with van der Waals surface area (Å²) in [5.41, 5.74) is 2.05. The van der Waals surface area contributed by atoms with Gasteiger partial charge >= 0.3 is 0 Å². The van der Waals surface area contributed by atoms with Crippen molar-refractivity contribution in [3.63, 3.8) is 0 Å². The van der Waals surface area contributed by atoms with Gasteiger partial charge < -0.3 is 25.6 Å². The second-order valence-electron chi connectivity index (χ2n) is 9.67. The lowest BCUT2D eigenvalue weighted by Gasteiger charge is -2.17. The van der Waals surface area contributed by atoms with Crippen LogP contribution in [0.3, 0.4) is 0 Å². The van der Waals surface area contributed by atoms with Crippen molar-refractivity contribution in [1.29, 1.82) is 0 Å². The summed E-state index contributed by atoms with van der Waals surface area (Å²) >= 11 is 6.37. The minimum absolute atomic E-state index is 0.172. The van der Waals surface area contributed by atoms with Gasteiger partial charge in [-0.3, -0.25) is 19.3 Å². The van der Waals surface area contributed by atoms with Crippen molar-refractivity contribution >= 4 is 58.0 Å². The van der Waals surface area contributed by atoms with Crippen LogP contribution >= 0.6 is 11.6 Å². The highest BCUT2D eigenvalue weighted by molar-refractivity contribution is 6.43. The van der Waals surface area contributed by atoms with Crippen molar-refractivity contribution in [2.24, 2.45) is 0 Å². The van der Waals surface area contributed by atoms with Crippen molar-refractivity contribution in [3.8, 4) is 5.75 Å². The Morgan fingerprint density at radius 3 is 2.51 bits per heavy atom. The Hall–Kier alpha value is -4.48. The molecule has 214 valence electrons. The van der Waals surface area contributed by atoms with Crippen LogP contribution in [0.5, 0.6) is 5.75 Å². The third-order valence-electron chi connectivity index (χ3n) is 6.41. The van der Waals surface area contributed by atoms with Crippen LogP contribution in [-0.2, 0) is 9.59 Å². The second-order valence-corrected chi connectivity index (χ2v) is 10.1. The first-order valence-electron chi connectivity index (χ1n) is 13.0. The van der Waals surface area contributed by atoms with Gasteiger partial charge in [-0.25, -0.2) is 4.98 Å². The number of ketones is 1. The first-order chi connectivity index (χ1) is 19.7. The third-order valence-corrected chi connectivity index (χ3v) is 6.68. The Kier molecular flexibility index (Phi) is 9.53. The van der Waals surface area contributed by atoms with Crippen LogP contribution < -0.4 is 20.7 Å². The zero-order valence-corrected chi connectivity index (χ0v) is 23.9. The predicted molar refractivity (Wildman–Crippen MR) is 160 cm³/mol. The summed E-state index contributed by atoms with van der Waals surface area (Å²) < 4.78 is 5.48. The second kappa shape index (κ2) is 13.2. The Labute approximate surface area is 243 Å².